The van der Waals surface area contributed by atoms with Crippen molar-refractivity contribution in [3.05, 3.63) is 50.4 Å². The Balaban J connectivity index is 1.95. The molecule has 1 N–H and O–H groups in total. The minimum absolute atomic E-state index is 0.128. The Kier molecular flexibility index (Phi) is 7.14. The van der Waals surface area contributed by atoms with Gasteiger partial charge in [-0.05, 0) is 62.4 Å². The van der Waals surface area contributed by atoms with E-state index in [1.165, 1.54) is 24.5 Å². The van der Waals surface area contributed by atoms with Gasteiger partial charge in [0.2, 0.25) is 0 Å². The largest absolute Gasteiger partial charge is 0.496 e. The van der Waals surface area contributed by atoms with Crippen molar-refractivity contribution in [3.63, 3.8) is 0 Å². The minimum atomic E-state index is -0.608. The molecule has 8 heteroatoms. The minimum Gasteiger partial charge on any atom is -0.496 e. The van der Waals surface area contributed by atoms with Gasteiger partial charge in [-0.3, -0.25) is 4.79 Å². The number of nitrogens with zero attached hydrogens (tertiary/aromatic N) is 1. The van der Waals surface area contributed by atoms with Gasteiger partial charge in [-0.1, -0.05) is 11.6 Å². The van der Waals surface area contributed by atoms with Gasteiger partial charge in [0.15, 0.2) is 0 Å². The predicted molar refractivity (Wildman–Crippen MR) is 117 cm³/mol. The number of nitriles is 1. The normalized spacial score (nSPS) is 13.2. The van der Waals surface area contributed by atoms with Crippen molar-refractivity contribution in [2.24, 2.45) is 0 Å². The average Bonchev–Trinajstić information content (AvgIpc) is 3.10. The molecule has 0 saturated heterocycles. The highest BCUT2D eigenvalue weighted by Gasteiger charge is 2.27. The Hall–Kier alpha value is -2.82. The molecular formula is C22H21ClN2O4S. The van der Waals surface area contributed by atoms with Gasteiger partial charge >= 0.3 is 5.97 Å². The zero-order chi connectivity index (χ0) is 21.7. The summed E-state index contributed by atoms with van der Waals surface area (Å²) in [4.78, 5) is 26.5. The van der Waals surface area contributed by atoms with Gasteiger partial charge in [-0.2, -0.15) is 5.26 Å². The number of esters is 1. The zero-order valence-corrected chi connectivity index (χ0v) is 18.3. The number of nitrogens with one attached hydrogen (secondary N) is 1. The molecule has 30 heavy (non-hydrogen) atoms. The van der Waals surface area contributed by atoms with Gasteiger partial charge < -0.3 is 14.8 Å². The fraction of sp³-hybridized carbons (Fsp3) is 0.318. The van der Waals surface area contributed by atoms with Crippen LogP contribution in [0.5, 0.6) is 5.75 Å². The van der Waals surface area contributed by atoms with Crippen molar-refractivity contribution >= 4 is 45.9 Å². The van der Waals surface area contributed by atoms with Gasteiger partial charge in [-0.25, -0.2) is 4.79 Å². The summed E-state index contributed by atoms with van der Waals surface area (Å²) < 4.78 is 10.5. The summed E-state index contributed by atoms with van der Waals surface area (Å²) in [5.74, 6) is -0.575. The van der Waals surface area contributed by atoms with E-state index in [9.17, 15) is 14.9 Å². The number of hydrogen-bond donors (Lipinski definition) is 1. The van der Waals surface area contributed by atoms with Crippen molar-refractivity contribution in [2.45, 2.75) is 32.6 Å². The van der Waals surface area contributed by atoms with Crippen LogP contribution in [0.25, 0.3) is 6.08 Å². The number of aryl methyl sites for hydroxylation is 1. The SMILES string of the molecule is CCOC(=O)c1c(NC(=O)/C(C#N)=C/c2cc(Cl)ccc2OC)sc2c1CCCC2. The number of ether oxygens (including phenoxy) is 2. The van der Waals surface area contributed by atoms with Crippen molar-refractivity contribution in [3.8, 4) is 11.8 Å². The van der Waals surface area contributed by atoms with E-state index >= 15 is 0 Å². The second kappa shape index (κ2) is 9.79. The standard InChI is InChI=1S/C22H21ClN2O4S/c1-3-29-22(27)19-16-6-4-5-7-18(16)30-21(19)25-20(26)14(12-24)10-13-11-15(23)8-9-17(13)28-2/h8-11H,3-7H2,1-2H3,(H,25,26)/b14-10+. The highest BCUT2D eigenvalue weighted by Crippen LogP contribution is 2.39. The lowest BCUT2D eigenvalue weighted by molar-refractivity contribution is -0.112. The number of fused-ring (bicyclic) bond motifs is 1. The molecule has 1 aromatic carbocycles. The molecule has 3 rings (SSSR count). The quantitative estimate of drug-likeness (QED) is 0.384. The maximum atomic E-state index is 12.9. The first-order valence-electron chi connectivity index (χ1n) is 9.56. The maximum Gasteiger partial charge on any atom is 0.341 e. The molecule has 1 aliphatic rings. The van der Waals surface area contributed by atoms with Crippen LogP contribution in [0.1, 0.15) is 46.1 Å². The number of thiophene rings is 1. The van der Waals surface area contributed by atoms with Crippen LogP contribution in [0.3, 0.4) is 0 Å². The summed E-state index contributed by atoms with van der Waals surface area (Å²) in [6.45, 7) is 1.98. The van der Waals surface area contributed by atoms with Crippen molar-refractivity contribution < 1.29 is 19.1 Å². The van der Waals surface area contributed by atoms with E-state index in [0.717, 1.165) is 36.1 Å². The van der Waals surface area contributed by atoms with Crippen LogP contribution >= 0.6 is 22.9 Å². The van der Waals surface area contributed by atoms with E-state index in [1.54, 1.807) is 25.1 Å². The molecule has 0 saturated carbocycles. The maximum absolute atomic E-state index is 12.9. The lowest BCUT2D eigenvalue weighted by atomic mass is 9.95. The highest BCUT2D eigenvalue weighted by molar-refractivity contribution is 7.17. The van der Waals surface area contributed by atoms with Crippen LogP contribution < -0.4 is 10.1 Å². The van der Waals surface area contributed by atoms with Crippen LogP contribution in [-0.2, 0) is 22.4 Å². The third-order valence-corrected chi connectivity index (χ3v) is 6.18. The van der Waals surface area contributed by atoms with E-state index in [1.807, 2.05) is 6.07 Å². The topological polar surface area (TPSA) is 88.4 Å². The molecule has 2 aromatic rings. The molecule has 0 aliphatic heterocycles. The van der Waals surface area contributed by atoms with E-state index < -0.39 is 11.9 Å². The fourth-order valence-electron chi connectivity index (χ4n) is 3.37. The van der Waals surface area contributed by atoms with E-state index in [4.69, 9.17) is 21.1 Å². The second-order valence-electron chi connectivity index (χ2n) is 6.65. The van der Waals surface area contributed by atoms with Crippen molar-refractivity contribution in [1.29, 1.82) is 5.26 Å². The molecule has 0 fully saturated rings. The van der Waals surface area contributed by atoms with Gasteiger partial charge in [-0.15, -0.1) is 11.3 Å². The Bertz CT molecular complexity index is 1050. The smallest absolute Gasteiger partial charge is 0.341 e. The summed E-state index contributed by atoms with van der Waals surface area (Å²) in [7, 11) is 1.49. The first-order valence-corrected chi connectivity index (χ1v) is 10.8. The summed E-state index contributed by atoms with van der Waals surface area (Å²) in [5, 5.41) is 13.2. The lowest BCUT2D eigenvalue weighted by Crippen LogP contribution is -2.16. The third kappa shape index (κ3) is 4.66. The number of anilines is 1. The molecule has 1 aliphatic carbocycles. The predicted octanol–water partition coefficient (Wildman–Crippen LogP) is 5.01. The lowest BCUT2D eigenvalue weighted by Gasteiger charge is -2.12. The summed E-state index contributed by atoms with van der Waals surface area (Å²) in [5.41, 5.74) is 1.73. The Morgan fingerprint density at radius 1 is 1.33 bits per heavy atom. The van der Waals surface area contributed by atoms with E-state index in [0.29, 0.717) is 26.9 Å². The molecule has 6 nitrogen and oxygen atoms in total. The van der Waals surface area contributed by atoms with Crippen LogP contribution in [0, 0.1) is 11.3 Å². The monoisotopic (exact) mass is 444 g/mol. The number of halogens is 1. The zero-order valence-electron chi connectivity index (χ0n) is 16.7. The second-order valence-corrected chi connectivity index (χ2v) is 8.19. The Morgan fingerprint density at radius 3 is 2.80 bits per heavy atom. The first-order chi connectivity index (χ1) is 14.5. The number of carbonyl (C=O) groups excluding carboxylic acids is 2. The fourth-order valence-corrected chi connectivity index (χ4v) is 4.82. The molecule has 0 radical (unpaired) electrons. The summed E-state index contributed by atoms with van der Waals surface area (Å²) in [6.07, 6.45) is 5.08. The van der Waals surface area contributed by atoms with Crippen LogP contribution in [0.4, 0.5) is 5.00 Å². The first kappa shape index (κ1) is 21.9. The van der Waals surface area contributed by atoms with Crippen LogP contribution in [-0.4, -0.2) is 25.6 Å². The van der Waals surface area contributed by atoms with Gasteiger partial charge in [0.25, 0.3) is 5.91 Å². The molecular weight excluding hydrogens is 424 g/mol. The number of carbonyl (C=O) groups is 2. The highest BCUT2D eigenvalue weighted by atomic mass is 35.5. The molecule has 1 aromatic heterocycles. The third-order valence-electron chi connectivity index (χ3n) is 4.73. The van der Waals surface area contributed by atoms with E-state index in [-0.39, 0.29) is 12.2 Å². The number of hydrogen-bond acceptors (Lipinski definition) is 6. The average molecular weight is 445 g/mol. The summed E-state index contributed by atoms with van der Waals surface area (Å²) >= 11 is 7.41. The molecule has 0 atom stereocenters. The summed E-state index contributed by atoms with van der Waals surface area (Å²) in [6, 6.07) is 6.84. The van der Waals surface area contributed by atoms with Gasteiger partial charge in [0.05, 0.1) is 19.3 Å². The van der Waals surface area contributed by atoms with Gasteiger partial charge in [0.1, 0.15) is 22.4 Å². The molecule has 0 unspecified atom stereocenters. The molecule has 0 bridgehead atoms. The van der Waals surface area contributed by atoms with Crippen LogP contribution in [0.2, 0.25) is 5.02 Å². The number of rotatable bonds is 6. The number of benzene rings is 1. The molecule has 1 heterocycles. The van der Waals surface area contributed by atoms with Crippen molar-refractivity contribution in [2.75, 3.05) is 19.0 Å². The number of methoxy groups -OCH3 is 1. The van der Waals surface area contributed by atoms with Gasteiger partial charge in [0, 0.05) is 15.5 Å². The molecule has 1 amide bonds. The Morgan fingerprint density at radius 2 is 2.10 bits per heavy atom. The Labute approximate surface area is 184 Å². The van der Waals surface area contributed by atoms with Crippen molar-refractivity contribution in [1.82, 2.24) is 0 Å². The molecule has 0 spiro atoms. The molecule has 156 valence electrons. The van der Waals surface area contributed by atoms with E-state index in [2.05, 4.69) is 5.32 Å². The van der Waals surface area contributed by atoms with Crippen LogP contribution in [0.15, 0.2) is 23.8 Å². The number of amides is 1.